The first kappa shape index (κ1) is 18.4. The van der Waals surface area contributed by atoms with Crippen LogP contribution in [0.2, 0.25) is 0 Å². The van der Waals surface area contributed by atoms with Crippen LogP contribution in [0.5, 0.6) is 0 Å². The van der Waals surface area contributed by atoms with E-state index >= 15 is 0 Å². The van der Waals surface area contributed by atoms with Gasteiger partial charge >= 0.3 is 5.97 Å². The summed E-state index contributed by atoms with van der Waals surface area (Å²) < 4.78 is 5.39. The molecule has 2 fully saturated rings. The van der Waals surface area contributed by atoms with E-state index in [0.29, 0.717) is 12.6 Å². The molecular weight excluding hydrogens is 314 g/mol. The number of ether oxygens (including phenoxy) is 1. The summed E-state index contributed by atoms with van der Waals surface area (Å²) in [5.74, 6) is -0.0731. The van der Waals surface area contributed by atoms with Gasteiger partial charge in [0.15, 0.2) is 0 Å². The molecule has 0 amide bonds. The molecule has 1 aromatic carbocycles. The molecule has 1 atom stereocenters. The lowest BCUT2D eigenvalue weighted by Gasteiger charge is -2.45. The van der Waals surface area contributed by atoms with E-state index in [2.05, 4.69) is 46.0 Å². The third-order valence-electron chi connectivity index (χ3n) is 5.51. The Kier molecular flexibility index (Phi) is 6.45. The number of carbonyl (C=O) groups is 1. The van der Waals surface area contributed by atoms with Crippen LogP contribution in [0, 0.1) is 0 Å². The fraction of sp³-hybridized carbons (Fsp3) is 0.650. The normalized spacial score (nSPS) is 24.3. The molecule has 5 heteroatoms. The lowest BCUT2D eigenvalue weighted by Crippen LogP contribution is -2.59. The predicted molar refractivity (Wildman–Crippen MR) is 99.4 cm³/mol. The molecule has 0 radical (unpaired) electrons. The van der Waals surface area contributed by atoms with Crippen LogP contribution in [0.4, 0.5) is 0 Å². The van der Waals surface area contributed by atoms with Crippen LogP contribution in [-0.2, 0) is 16.1 Å². The van der Waals surface area contributed by atoms with Crippen molar-refractivity contribution in [1.82, 2.24) is 14.7 Å². The number of rotatable bonds is 5. The van der Waals surface area contributed by atoms with Crippen LogP contribution in [0.1, 0.15) is 25.3 Å². The average Bonchev–Trinajstić information content (AvgIpc) is 2.64. The molecule has 0 spiro atoms. The lowest BCUT2D eigenvalue weighted by atomic mass is 10.0. The molecule has 0 saturated carbocycles. The molecular formula is C20H31N3O2. The Labute approximate surface area is 151 Å². The Hall–Kier alpha value is -1.43. The highest BCUT2D eigenvalue weighted by molar-refractivity contribution is 5.76. The summed E-state index contributed by atoms with van der Waals surface area (Å²) in [5.41, 5.74) is 1.25. The number of piperazine rings is 1. The Morgan fingerprint density at radius 2 is 1.84 bits per heavy atom. The first-order chi connectivity index (χ1) is 12.2. The van der Waals surface area contributed by atoms with E-state index in [1.807, 2.05) is 13.0 Å². The molecule has 0 aliphatic carbocycles. The van der Waals surface area contributed by atoms with E-state index in [-0.39, 0.29) is 12.0 Å². The number of hydrogen-bond acceptors (Lipinski definition) is 5. The van der Waals surface area contributed by atoms with Crippen molar-refractivity contribution in [1.29, 1.82) is 0 Å². The highest BCUT2D eigenvalue weighted by atomic mass is 16.5. The Bertz CT molecular complexity index is 543. The summed E-state index contributed by atoms with van der Waals surface area (Å²) >= 11 is 0. The van der Waals surface area contributed by atoms with Crippen LogP contribution in [0.25, 0.3) is 0 Å². The van der Waals surface area contributed by atoms with Crippen molar-refractivity contribution in [2.75, 3.05) is 46.4 Å². The molecule has 1 aromatic rings. The number of nitrogens with zero attached hydrogens (tertiary/aromatic N) is 3. The molecule has 5 nitrogen and oxygen atoms in total. The molecule has 2 heterocycles. The van der Waals surface area contributed by atoms with Crippen molar-refractivity contribution >= 4 is 5.97 Å². The van der Waals surface area contributed by atoms with Gasteiger partial charge in [0.25, 0.3) is 0 Å². The van der Waals surface area contributed by atoms with Gasteiger partial charge in [-0.3, -0.25) is 14.6 Å². The van der Waals surface area contributed by atoms with Gasteiger partial charge in [-0.1, -0.05) is 30.3 Å². The Morgan fingerprint density at radius 3 is 2.52 bits per heavy atom. The van der Waals surface area contributed by atoms with Crippen molar-refractivity contribution < 1.29 is 9.53 Å². The number of carbonyl (C=O) groups excluding carboxylic acids is 1. The maximum absolute atomic E-state index is 12.6. The standard InChI is InChI=1S/C20H31N3O2/c1-3-25-20(24)19-16-22(18-9-11-21(2)12-10-18)13-14-23(19)15-17-7-5-4-6-8-17/h4-8,18-19H,3,9-16H2,1-2H3. The molecule has 138 valence electrons. The fourth-order valence-electron chi connectivity index (χ4n) is 4.00. The number of piperidine rings is 1. The molecule has 0 N–H and O–H groups in total. The van der Waals surface area contributed by atoms with Crippen LogP contribution < -0.4 is 0 Å². The predicted octanol–water partition coefficient (Wildman–Crippen LogP) is 1.83. The molecule has 25 heavy (non-hydrogen) atoms. The van der Waals surface area contributed by atoms with Gasteiger partial charge in [0, 0.05) is 32.2 Å². The van der Waals surface area contributed by atoms with Gasteiger partial charge in [-0.25, -0.2) is 0 Å². The lowest BCUT2D eigenvalue weighted by molar-refractivity contribution is -0.153. The third kappa shape index (κ3) is 4.81. The van der Waals surface area contributed by atoms with Crippen molar-refractivity contribution in [3.63, 3.8) is 0 Å². The third-order valence-corrected chi connectivity index (χ3v) is 5.51. The first-order valence-electron chi connectivity index (χ1n) is 9.54. The summed E-state index contributed by atoms with van der Waals surface area (Å²) in [7, 11) is 2.19. The minimum absolute atomic E-state index is 0.0731. The SMILES string of the molecule is CCOC(=O)C1CN(C2CCN(C)CC2)CCN1Cc1ccccc1. The molecule has 3 rings (SSSR count). The van der Waals surface area contributed by atoms with Crippen molar-refractivity contribution in [2.45, 2.75) is 38.4 Å². The van der Waals surface area contributed by atoms with Crippen molar-refractivity contribution in [3.8, 4) is 0 Å². The summed E-state index contributed by atoms with van der Waals surface area (Å²) in [6, 6.07) is 10.9. The number of likely N-dealkylation sites (tertiary alicyclic amines) is 1. The van der Waals surface area contributed by atoms with Gasteiger partial charge in [0.2, 0.25) is 0 Å². The topological polar surface area (TPSA) is 36.0 Å². The summed E-state index contributed by atoms with van der Waals surface area (Å²) in [5, 5.41) is 0. The summed E-state index contributed by atoms with van der Waals surface area (Å²) in [6.07, 6.45) is 2.40. The molecule has 0 aromatic heterocycles. The molecule has 2 aliphatic heterocycles. The van der Waals surface area contributed by atoms with Crippen LogP contribution >= 0.6 is 0 Å². The van der Waals surface area contributed by atoms with E-state index in [1.165, 1.54) is 18.4 Å². The second kappa shape index (κ2) is 8.79. The van der Waals surface area contributed by atoms with Crippen molar-refractivity contribution in [2.24, 2.45) is 0 Å². The highest BCUT2D eigenvalue weighted by Gasteiger charge is 2.36. The van der Waals surface area contributed by atoms with Crippen LogP contribution in [-0.4, -0.2) is 79.1 Å². The summed E-state index contributed by atoms with van der Waals surface area (Å²) in [4.78, 5) is 19.8. The summed E-state index contributed by atoms with van der Waals surface area (Å²) in [6.45, 7) is 8.20. The van der Waals surface area contributed by atoms with Crippen LogP contribution in [0.15, 0.2) is 30.3 Å². The number of benzene rings is 1. The molecule has 2 saturated heterocycles. The minimum Gasteiger partial charge on any atom is -0.465 e. The number of esters is 1. The zero-order chi connectivity index (χ0) is 17.6. The second-order valence-electron chi connectivity index (χ2n) is 7.25. The maximum atomic E-state index is 12.6. The monoisotopic (exact) mass is 345 g/mol. The zero-order valence-corrected chi connectivity index (χ0v) is 15.6. The molecule has 0 bridgehead atoms. The highest BCUT2D eigenvalue weighted by Crippen LogP contribution is 2.22. The van der Waals surface area contributed by atoms with Gasteiger partial charge in [0.1, 0.15) is 6.04 Å². The average molecular weight is 345 g/mol. The molecule has 1 unspecified atom stereocenters. The minimum atomic E-state index is -0.159. The van der Waals surface area contributed by atoms with Gasteiger partial charge < -0.3 is 9.64 Å². The molecule has 2 aliphatic rings. The van der Waals surface area contributed by atoms with Gasteiger partial charge in [-0.2, -0.15) is 0 Å². The Morgan fingerprint density at radius 1 is 1.12 bits per heavy atom. The van der Waals surface area contributed by atoms with Gasteiger partial charge in [-0.05, 0) is 45.5 Å². The van der Waals surface area contributed by atoms with Gasteiger partial charge in [0.05, 0.1) is 6.61 Å². The van der Waals surface area contributed by atoms with E-state index in [9.17, 15) is 4.79 Å². The Balaban J connectivity index is 1.66. The largest absolute Gasteiger partial charge is 0.465 e. The fourth-order valence-corrected chi connectivity index (χ4v) is 4.00. The zero-order valence-electron chi connectivity index (χ0n) is 15.6. The van der Waals surface area contributed by atoms with E-state index in [4.69, 9.17) is 4.74 Å². The second-order valence-corrected chi connectivity index (χ2v) is 7.25. The van der Waals surface area contributed by atoms with E-state index < -0.39 is 0 Å². The van der Waals surface area contributed by atoms with Crippen molar-refractivity contribution in [3.05, 3.63) is 35.9 Å². The van der Waals surface area contributed by atoms with E-state index in [1.54, 1.807) is 0 Å². The maximum Gasteiger partial charge on any atom is 0.324 e. The first-order valence-corrected chi connectivity index (χ1v) is 9.54. The van der Waals surface area contributed by atoms with Crippen LogP contribution in [0.3, 0.4) is 0 Å². The van der Waals surface area contributed by atoms with Gasteiger partial charge in [-0.15, -0.1) is 0 Å². The van der Waals surface area contributed by atoms with E-state index in [0.717, 1.165) is 39.3 Å². The smallest absolute Gasteiger partial charge is 0.324 e. The quantitative estimate of drug-likeness (QED) is 0.761. The number of hydrogen-bond donors (Lipinski definition) is 0.